The minimum atomic E-state index is -0.447. The Kier molecular flexibility index (Phi) is 3.99. The molecule has 0 fully saturated rings. The van der Waals surface area contributed by atoms with Crippen LogP contribution >= 0.6 is 0 Å². The van der Waals surface area contributed by atoms with E-state index in [1.807, 2.05) is 18.2 Å². The van der Waals surface area contributed by atoms with Crippen LogP contribution in [0.4, 0.5) is 10.1 Å². The highest BCUT2D eigenvalue weighted by atomic mass is 19.1. The fourth-order valence-corrected chi connectivity index (χ4v) is 3.01. The second kappa shape index (κ2) is 6.45. The second-order valence-corrected chi connectivity index (χ2v) is 6.01. The third-order valence-electron chi connectivity index (χ3n) is 4.27. The lowest BCUT2D eigenvalue weighted by atomic mass is 10.0. The summed E-state index contributed by atoms with van der Waals surface area (Å²) < 4.78 is 14.0. The second-order valence-electron chi connectivity index (χ2n) is 6.01. The normalized spacial score (nSPS) is 12.7. The number of carbonyl (C=O) groups excluding carboxylic acids is 1. The zero-order valence-corrected chi connectivity index (χ0v) is 13.4. The van der Waals surface area contributed by atoms with Gasteiger partial charge in [-0.25, -0.2) is 4.39 Å². The molecule has 124 valence electrons. The van der Waals surface area contributed by atoms with E-state index in [4.69, 9.17) is 0 Å². The number of amides is 1. The van der Waals surface area contributed by atoms with Crippen molar-refractivity contribution in [2.45, 2.75) is 13.1 Å². The van der Waals surface area contributed by atoms with Crippen molar-refractivity contribution in [3.8, 4) is 11.1 Å². The molecule has 0 aliphatic carbocycles. The molecule has 4 rings (SSSR count). The standard InChI is InChI=1S/C20H16FN3O/c21-18-8-15(13-3-5-22-6-4-13)7-16(9-18)20(25)24-19-2-1-14-11-23-12-17(14)10-19/h1-10,23H,11-12H2,(H,24,25). The van der Waals surface area contributed by atoms with Crippen molar-refractivity contribution in [1.29, 1.82) is 0 Å². The maximum atomic E-state index is 14.0. The van der Waals surface area contributed by atoms with Gasteiger partial charge in [0.1, 0.15) is 5.82 Å². The molecular weight excluding hydrogens is 317 g/mol. The molecule has 3 aromatic rings. The molecule has 1 aromatic heterocycles. The van der Waals surface area contributed by atoms with Crippen LogP contribution in [-0.2, 0) is 13.1 Å². The molecule has 1 aliphatic rings. The summed E-state index contributed by atoms with van der Waals surface area (Å²) in [7, 11) is 0. The van der Waals surface area contributed by atoms with E-state index < -0.39 is 5.82 Å². The van der Waals surface area contributed by atoms with Gasteiger partial charge >= 0.3 is 0 Å². The number of nitrogens with zero attached hydrogens (tertiary/aromatic N) is 1. The summed E-state index contributed by atoms with van der Waals surface area (Å²) >= 11 is 0. The molecule has 0 unspecified atom stereocenters. The summed E-state index contributed by atoms with van der Waals surface area (Å²) in [6.45, 7) is 1.65. The lowest BCUT2D eigenvalue weighted by Gasteiger charge is -2.09. The van der Waals surface area contributed by atoms with E-state index in [2.05, 4.69) is 15.6 Å². The maximum absolute atomic E-state index is 14.0. The maximum Gasteiger partial charge on any atom is 0.255 e. The van der Waals surface area contributed by atoms with Crippen molar-refractivity contribution < 1.29 is 9.18 Å². The first kappa shape index (κ1) is 15.5. The first-order chi connectivity index (χ1) is 12.2. The molecule has 25 heavy (non-hydrogen) atoms. The average molecular weight is 333 g/mol. The summed E-state index contributed by atoms with van der Waals surface area (Å²) in [4.78, 5) is 16.5. The molecule has 2 N–H and O–H groups in total. The molecule has 5 heteroatoms. The van der Waals surface area contributed by atoms with Crippen LogP contribution in [0.2, 0.25) is 0 Å². The predicted molar refractivity (Wildman–Crippen MR) is 94.6 cm³/mol. The smallest absolute Gasteiger partial charge is 0.255 e. The molecule has 0 saturated carbocycles. The molecule has 0 spiro atoms. The Morgan fingerprint density at radius 2 is 1.76 bits per heavy atom. The average Bonchev–Trinajstić information content (AvgIpc) is 3.09. The van der Waals surface area contributed by atoms with Crippen LogP contribution in [0.3, 0.4) is 0 Å². The largest absolute Gasteiger partial charge is 0.322 e. The monoisotopic (exact) mass is 333 g/mol. The van der Waals surface area contributed by atoms with E-state index in [0.717, 1.165) is 18.7 Å². The molecule has 4 nitrogen and oxygen atoms in total. The van der Waals surface area contributed by atoms with Crippen molar-refractivity contribution >= 4 is 11.6 Å². The van der Waals surface area contributed by atoms with Gasteiger partial charge < -0.3 is 10.6 Å². The highest BCUT2D eigenvalue weighted by Gasteiger charge is 2.13. The van der Waals surface area contributed by atoms with Gasteiger partial charge in [-0.3, -0.25) is 9.78 Å². The van der Waals surface area contributed by atoms with E-state index in [-0.39, 0.29) is 11.5 Å². The zero-order valence-electron chi connectivity index (χ0n) is 13.4. The summed E-state index contributed by atoms with van der Waals surface area (Å²) in [6, 6.07) is 13.7. The van der Waals surface area contributed by atoms with Crippen molar-refractivity contribution in [2.75, 3.05) is 5.32 Å². The minimum Gasteiger partial charge on any atom is -0.322 e. The van der Waals surface area contributed by atoms with E-state index >= 15 is 0 Å². The Morgan fingerprint density at radius 3 is 2.60 bits per heavy atom. The highest BCUT2D eigenvalue weighted by molar-refractivity contribution is 6.05. The van der Waals surface area contributed by atoms with Crippen LogP contribution < -0.4 is 10.6 Å². The van der Waals surface area contributed by atoms with Gasteiger partial charge in [-0.2, -0.15) is 0 Å². The molecule has 0 atom stereocenters. The summed E-state index contributed by atoms with van der Waals surface area (Å²) in [5.41, 5.74) is 4.86. The van der Waals surface area contributed by atoms with Crippen molar-refractivity contribution in [3.05, 3.63) is 83.4 Å². The number of halogens is 1. The van der Waals surface area contributed by atoms with E-state index in [9.17, 15) is 9.18 Å². The molecule has 0 radical (unpaired) electrons. The van der Waals surface area contributed by atoms with Gasteiger partial charge in [0.2, 0.25) is 0 Å². The number of hydrogen-bond donors (Lipinski definition) is 2. The summed E-state index contributed by atoms with van der Waals surface area (Å²) in [6.07, 6.45) is 3.27. The van der Waals surface area contributed by atoms with Crippen molar-refractivity contribution in [3.63, 3.8) is 0 Å². The van der Waals surface area contributed by atoms with Crippen LogP contribution in [0.25, 0.3) is 11.1 Å². The Bertz CT molecular complexity index is 941. The number of carbonyl (C=O) groups is 1. The number of anilines is 1. The van der Waals surface area contributed by atoms with Crippen LogP contribution in [0, 0.1) is 5.82 Å². The SMILES string of the molecule is O=C(Nc1ccc2c(c1)CNC2)c1cc(F)cc(-c2ccncc2)c1. The van der Waals surface area contributed by atoms with Crippen LogP contribution in [-0.4, -0.2) is 10.9 Å². The molecular formula is C20H16FN3O. The number of benzene rings is 2. The van der Waals surface area contributed by atoms with Crippen molar-refractivity contribution in [1.82, 2.24) is 10.3 Å². The van der Waals surface area contributed by atoms with Crippen LogP contribution in [0.15, 0.2) is 60.9 Å². The van der Waals surface area contributed by atoms with Gasteiger partial charge in [-0.1, -0.05) is 6.07 Å². The van der Waals surface area contributed by atoms with Gasteiger partial charge in [0.05, 0.1) is 0 Å². The fraction of sp³-hybridized carbons (Fsp3) is 0.100. The number of pyridine rings is 1. The fourth-order valence-electron chi connectivity index (χ4n) is 3.01. The Labute approximate surface area is 144 Å². The zero-order chi connectivity index (χ0) is 17.2. The number of aromatic nitrogens is 1. The van der Waals surface area contributed by atoms with Gasteiger partial charge in [0.25, 0.3) is 5.91 Å². The molecule has 1 aliphatic heterocycles. The topological polar surface area (TPSA) is 54.0 Å². The van der Waals surface area contributed by atoms with E-state index in [1.54, 1.807) is 30.6 Å². The summed E-state index contributed by atoms with van der Waals surface area (Å²) in [5.74, 6) is -0.779. The van der Waals surface area contributed by atoms with Gasteiger partial charge in [0, 0.05) is 36.7 Å². The van der Waals surface area contributed by atoms with Crippen molar-refractivity contribution in [2.24, 2.45) is 0 Å². The summed E-state index contributed by atoms with van der Waals surface area (Å²) in [5, 5.41) is 6.11. The van der Waals surface area contributed by atoms with Crippen LogP contribution in [0.1, 0.15) is 21.5 Å². The third-order valence-corrected chi connectivity index (χ3v) is 4.27. The van der Waals surface area contributed by atoms with Gasteiger partial charge in [0.15, 0.2) is 0 Å². The Balaban J connectivity index is 1.61. The number of hydrogen-bond acceptors (Lipinski definition) is 3. The first-order valence-electron chi connectivity index (χ1n) is 8.04. The van der Waals surface area contributed by atoms with Gasteiger partial charge in [-0.05, 0) is 64.7 Å². The number of rotatable bonds is 3. The predicted octanol–water partition coefficient (Wildman–Crippen LogP) is 3.74. The molecule has 1 amide bonds. The lowest BCUT2D eigenvalue weighted by molar-refractivity contribution is 0.102. The molecule has 0 saturated heterocycles. The molecule has 0 bridgehead atoms. The number of fused-ring (bicyclic) bond motifs is 1. The van der Waals surface area contributed by atoms with Crippen LogP contribution in [0.5, 0.6) is 0 Å². The molecule has 2 heterocycles. The first-order valence-corrected chi connectivity index (χ1v) is 8.04. The lowest BCUT2D eigenvalue weighted by Crippen LogP contribution is -2.12. The van der Waals surface area contributed by atoms with E-state index in [0.29, 0.717) is 11.3 Å². The van der Waals surface area contributed by atoms with Gasteiger partial charge in [-0.15, -0.1) is 0 Å². The highest BCUT2D eigenvalue weighted by Crippen LogP contribution is 2.23. The Hall–Kier alpha value is -3.05. The quantitative estimate of drug-likeness (QED) is 0.768. The minimum absolute atomic E-state index is 0.283. The Morgan fingerprint density at radius 1 is 0.960 bits per heavy atom. The third kappa shape index (κ3) is 3.27. The van der Waals surface area contributed by atoms with E-state index in [1.165, 1.54) is 23.3 Å². The molecule has 2 aromatic carbocycles. The number of nitrogens with one attached hydrogen (secondary N) is 2.